The highest BCUT2D eigenvalue weighted by atomic mass is 32.2. The van der Waals surface area contributed by atoms with Gasteiger partial charge in [0.15, 0.2) is 6.61 Å². The van der Waals surface area contributed by atoms with Crippen LogP contribution in [0.3, 0.4) is 0 Å². The van der Waals surface area contributed by atoms with E-state index in [1.807, 2.05) is 47.9 Å². The molecule has 5 heteroatoms. The highest BCUT2D eigenvalue weighted by molar-refractivity contribution is 7.99. The Morgan fingerprint density at radius 3 is 2.79 bits per heavy atom. The number of carbonyl (C=O) groups is 1. The average Bonchev–Trinajstić information content (AvgIpc) is 3.13. The standard InChI is InChI=1S/C19H28N2O2S/c1-15-5-7-17(8-6-15)23-13-19(22)21(12-16-9-11-24-14-16)18-4-2-3-10-20-18/h5-8,16,18,20H,2-4,9-14H2,1H3. The number of carbonyl (C=O) groups excluding carboxylic acids is 1. The molecule has 2 saturated heterocycles. The molecule has 1 aromatic rings. The smallest absolute Gasteiger partial charge is 0.261 e. The Kier molecular flexibility index (Phi) is 6.44. The first-order valence-electron chi connectivity index (χ1n) is 9.02. The molecule has 2 aliphatic heterocycles. The molecule has 0 aliphatic carbocycles. The summed E-state index contributed by atoms with van der Waals surface area (Å²) in [5.41, 5.74) is 1.19. The van der Waals surface area contributed by atoms with Gasteiger partial charge in [-0.1, -0.05) is 17.7 Å². The summed E-state index contributed by atoms with van der Waals surface area (Å²) in [6.45, 7) is 4.04. The fourth-order valence-electron chi connectivity index (χ4n) is 3.37. The lowest BCUT2D eigenvalue weighted by Crippen LogP contribution is -2.53. The second-order valence-corrected chi connectivity index (χ2v) is 7.99. The molecule has 2 unspecified atom stereocenters. The number of amides is 1. The normalized spacial score (nSPS) is 23.9. The van der Waals surface area contributed by atoms with E-state index >= 15 is 0 Å². The number of thioether (sulfide) groups is 1. The van der Waals surface area contributed by atoms with Gasteiger partial charge in [-0.05, 0) is 68.7 Å². The zero-order valence-corrected chi connectivity index (χ0v) is 15.3. The average molecular weight is 349 g/mol. The molecule has 0 aromatic heterocycles. The maximum Gasteiger partial charge on any atom is 0.261 e. The lowest BCUT2D eigenvalue weighted by atomic mass is 10.1. The van der Waals surface area contributed by atoms with E-state index in [-0.39, 0.29) is 18.7 Å². The van der Waals surface area contributed by atoms with E-state index < -0.39 is 0 Å². The van der Waals surface area contributed by atoms with Crippen molar-refractivity contribution in [3.63, 3.8) is 0 Å². The summed E-state index contributed by atoms with van der Waals surface area (Å²) in [4.78, 5) is 14.9. The quantitative estimate of drug-likeness (QED) is 0.858. The molecule has 1 amide bonds. The van der Waals surface area contributed by atoms with Crippen molar-refractivity contribution in [2.45, 2.75) is 38.8 Å². The third kappa shape index (κ3) is 4.90. The van der Waals surface area contributed by atoms with Crippen LogP contribution in [0.15, 0.2) is 24.3 Å². The first-order valence-corrected chi connectivity index (χ1v) is 10.2. The number of hydrogen-bond acceptors (Lipinski definition) is 4. The van der Waals surface area contributed by atoms with E-state index in [4.69, 9.17) is 4.74 Å². The van der Waals surface area contributed by atoms with Gasteiger partial charge >= 0.3 is 0 Å². The van der Waals surface area contributed by atoms with Crippen molar-refractivity contribution in [2.24, 2.45) is 5.92 Å². The Morgan fingerprint density at radius 2 is 2.12 bits per heavy atom. The molecule has 2 heterocycles. The van der Waals surface area contributed by atoms with Crippen LogP contribution in [0.2, 0.25) is 0 Å². The first kappa shape index (κ1) is 17.6. The number of nitrogens with zero attached hydrogens (tertiary/aromatic N) is 1. The minimum atomic E-state index is 0.104. The monoisotopic (exact) mass is 348 g/mol. The Bertz CT molecular complexity index is 523. The van der Waals surface area contributed by atoms with Crippen LogP contribution in [-0.2, 0) is 4.79 Å². The van der Waals surface area contributed by atoms with Crippen LogP contribution in [0.5, 0.6) is 5.75 Å². The van der Waals surface area contributed by atoms with Crippen LogP contribution >= 0.6 is 11.8 Å². The maximum atomic E-state index is 12.8. The van der Waals surface area contributed by atoms with E-state index in [2.05, 4.69) is 5.32 Å². The van der Waals surface area contributed by atoms with Gasteiger partial charge in [-0.25, -0.2) is 0 Å². The summed E-state index contributed by atoms with van der Waals surface area (Å²) in [5, 5.41) is 3.52. The fraction of sp³-hybridized carbons (Fsp3) is 0.632. The molecule has 1 aromatic carbocycles. The number of benzene rings is 1. The molecule has 0 radical (unpaired) electrons. The van der Waals surface area contributed by atoms with Crippen molar-refractivity contribution in [1.82, 2.24) is 10.2 Å². The third-order valence-electron chi connectivity index (χ3n) is 4.84. The minimum absolute atomic E-state index is 0.104. The SMILES string of the molecule is Cc1ccc(OCC(=O)N(CC2CCSC2)C2CCCCN2)cc1. The van der Waals surface area contributed by atoms with Gasteiger partial charge in [0.25, 0.3) is 5.91 Å². The number of ether oxygens (including phenoxy) is 1. The zero-order chi connectivity index (χ0) is 16.8. The largest absolute Gasteiger partial charge is 0.484 e. The summed E-state index contributed by atoms with van der Waals surface area (Å²) < 4.78 is 5.73. The molecule has 3 rings (SSSR count). The van der Waals surface area contributed by atoms with Gasteiger partial charge in [-0.15, -0.1) is 0 Å². The predicted molar refractivity (Wildman–Crippen MR) is 99.5 cm³/mol. The minimum Gasteiger partial charge on any atom is -0.484 e. The molecule has 2 atom stereocenters. The zero-order valence-electron chi connectivity index (χ0n) is 14.5. The van der Waals surface area contributed by atoms with E-state index in [0.717, 1.165) is 25.3 Å². The molecular formula is C19H28N2O2S. The van der Waals surface area contributed by atoms with E-state index in [1.165, 1.54) is 36.3 Å². The number of hydrogen-bond donors (Lipinski definition) is 1. The second kappa shape index (κ2) is 8.77. The molecule has 24 heavy (non-hydrogen) atoms. The van der Waals surface area contributed by atoms with Crippen molar-refractivity contribution in [1.29, 1.82) is 0 Å². The number of nitrogens with one attached hydrogen (secondary N) is 1. The van der Waals surface area contributed by atoms with Gasteiger partial charge < -0.3 is 9.64 Å². The van der Waals surface area contributed by atoms with Crippen molar-refractivity contribution in [2.75, 3.05) is 31.2 Å². The van der Waals surface area contributed by atoms with Crippen LogP contribution in [0.1, 0.15) is 31.2 Å². The van der Waals surface area contributed by atoms with E-state index in [9.17, 15) is 4.79 Å². The molecule has 132 valence electrons. The van der Waals surface area contributed by atoms with Gasteiger partial charge in [0, 0.05) is 6.54 Å². The summed E-state index contributed by atoms with van der Waals surface area (Å²) in [6, 6.07) is 7.88. The van der Waals surface area contributed by atoms with Gasteiger partial charge in [-0.2, -0.15) is 11.8 Å². The molecule has 1 N–H and O–H groups in total. The molecule has 0 saturated carbocycles. The second-order valence-electron chi connectivity index (χ2n) is 6.84. The highest BCUT2D eigenvalue weighted by Crippen LogP contribution is 2.25. The lowest BCUT2D eigenvalue weighted by Gasteiger charge is -2.36. The van der Waals surface area contributed by atoms with Crippen molar-refractivity contribution in [3.8, 4) is 5.75 Å². The molecule has 0 spiro atoms. The molecule has 4 nitrogen and oxygen atoms in total. The molecule has 2 aliphatic rings. The van der Waals surface area contributed by atoms with Crippen LogP contribution in [0, 0.1) is 12.8 Å². The van der Waals surface area contributed by atoms with Crippen molar-refractivity contribution < 1.29 is 9.53 Å². The summed E-state index contributed by atoms with van der Waals surface area (Å²) in [5.74, 6) is 3.90. The van der Waals surface area contributed by atoms with E-state index in [0.29, 0.717) is 5.92 Å². The van der Waals surface area contributed by atoms with Crippen LogP contribution in [-0.4, -0.2) is 48.2 Å². The Balaban J connectivity index is 1.59. The lowest BCUT2D eigenvalue weighted by molar-refractivity contribution is -0.137. The third-order valence-corrected chi connectivity index (χ3v) is 6.07. The van der Waals surface area contributed by atoms with Gasteiger partial charge in [0.2, 0.25) is 0 Å². The van der Waals surface area contributed by atoms with E-state index in [1.54, 1.807) is 0 Å². The Hall–Kier alpha value is -1.20. The summed E-state index contributed by atoms with van der Waals surface area (Å²) in [7, 11) is 0. The number of rotatable bonds is 6. The number of aryl methyl sites for hydroxylation is 1. The predicted octanol–water partition coefficient (Wildman–Crippen LogP) is 3.06. The van der Waals surface area contributed by atoms with Gasteiger partial charge in [0.05, 0.1) is 6.17 Å². The Morgan fingerprint density at radius 1 is 1.29 bits per heavy atom. The highest BCUT2D eigenvalue weighted by Gasteiger charge is 2.29. The molecule has 2 fully saturated rings. The first-order chi connectivity index (χ1) is 11.7. The van der Waals surface area contributed by atoms with Crippen LogP contribution < -0.4 is 10.1 Å². The number of piperidine rings is 1. The van der Waals surface area contributed by atoms with Gasteiger partial charge in [0.1, 0.15) is 5.75 Å². The maximum absolute atomic E-state index is 12.8. The molecular weight excluding hydrogens is 320 g/mol. The van der Waals surface area contributed by atoms with Gasteiger partial charge in [-0.3, -0.25) is 10.1 Å². The summed E-state index contributed by atoms with van der Waals surface area (Å²) >= 11 is 2.00. The van der Waals surface area contributed by atoms with Crippen molar-refractivity contribution in [3.05, 3.63) is 29.8 Å². The topological polar surface area (TPSA) is 41.6 Å². The fourth-order valence-corrected chi connectivity index (χ4v) is 4.64. The van der Waals surface area contributed by atoms with Crippen LogP contribution in [0.4, 0.5) is 0 Å². The molecule has 0 bridgehead atoms. The van der Waals surface area contributed by atoms with Crippen molar-refractivity contribution >= 4 is 17.7 Å². The Labute approximate surface area is 149 Å². The summed E-state index contributed by atoms with van der Waals surface area (Å²) in [6.07, 6.45) is 4.85. The van der Waals surface area contributed by atoms with Crippen LogP contribution in [0.25, 0.3) is 0 Å².